The van der Waals surface area contributed by atoms with E-state index in [1.54, 1.807) is 12.1 Å². The number of ether oxygens (including phenoxy) is 1. The zero-order valence-electron chi connectivity index (χ0n) is 15.3. The maximum absolute atomic E-state index is 12.9. The molecule has 0 bridgehead atoms. The Hall–Kier alpha value is -2.22. The van der Waals surface area contributed by atoms with Gasteiger partial charge in [-0.15, -0.1) is 0 Å². The minimum atomic E-state index is -3.60. The second-order valence-corrected chi connectivity index (χ2v) is 8.25. The van der Waals surface area contributed by atoms with Gasteiger partial charge in [-0.05, 0) is 42.7 Å². The molecule has 0 saturated carbocycles. The molecule has 3 rings (SSSR count). The fourth-order valence-corrected chi connectivity index (χ4v) is 4.35. The van der Waals surface area contributed by atoms with Crippen LogP contribution in [0.1, 0.15) is 34.8 Å². The average Bonchev–Trinajstić information content (AvgIpc) is 3.18. The van der Waals surface area contributed by atoms with Crippen LogP contribution in [0.25, 0.3) is 0 Å². The topological polar surface area (TPSA) is 75.7 Å². The van der Waals surface area contributed by atoms with E-state index in [0.717, 1.165) is 18.4 Å². The van der Waals surface area contributed by atoms with E-state index in [0.29, 0.717) is 18.7 Å². The van der Waals surface area contributed by atoms with Gasteiger partial charge < -0.3 is 9.64 Å². The summed E-state index contributed by atoms with van der Waals surface area (Å²) in [5, 5.41) is 0. The highest BCUT2D eigenvalue weighted by molar-refractivity contribution is 7.89. The Balaban J connectivity index is 1.74. The SMILES string of the molecule is COCCNS(=O)(=O)c1ccc(C(=O)N2CCC[C@@H]2c2ccccc2)cc1. The molecule has 144 valence electrons. The van der Waals surface area contributed by atoms with Crippen molar-refractivity contribution >= 4 is 15.9 Å². The molecule has 1 N–H and O–H groups in total. The van der Waals surface area contributed by atoms with Crippen molar-refractivity contribution in [2.24, 2.45) is 0 Å². The van der Waals surface area contributed by atoms with Crippen LogP contribution in [0.15, 0.2) is 59.5 Å². The van der Waals surface area contributed by atoms with E-state index in [2.05, 4.69) is 4.72 Å². The normalized spacial score (nSPS) is 17.2. The molecule has 0 unspecified atom stereocenters. The Morgan fingerprint density at radius 1 is 1.15 bits per heavy atom. The van der Waals surface area contributed by atoms with Crippen LogP contribution in [0.4, 0.5) is 0 Å². The Morgan fingerprint density at radius 2 is 1.85 bits per heavy atom. The van der Waals surface area contributed by atoms with Gasteiger partial charge in [0, 0.05) is 25.8 Å². The van der Waals surface area contributed by atoms with Gasteiger partial charge in [0.15, 0.2) is 0 Å². The van der Waals surface area contributed by atoms with Gasteiger partial charge in [-0.1, -0.05) is 30.3 Å². The number of likely N-dealkylation sites (tertiary alicyclic amines) is 1. The van der Waals surface area contributed by atoms with Crippen molar-refractivity contribution in [3.05, 3.63) is 65.7 Å². The lowest BCUT2D eigenvalue weighted by atomic mass is 10.0. The van der Waals surface area contributed by atoms with E-state index in [9.17, 15) is 13.2 Å². The number of hydrogen-bond donors (Lipinski definition) is 1. The van der Waals surface area contributed by atoms with Gasteiger partial charge in [-0.3, -0.25) is 4.79 Å². The molecule has 1 heterocycles. The molecule has 0 radical (unpaired) electrons. The second-order valence-electron chi connectivity index (χ2n) is 6.48. The number of benzene rings is 2. The summed E-state index contributed by atoms with van der Waals surface area (Å²) in [4.78, 5) is 15.0. The number of sulfonamides is 1. The first kappa shape index (κ1) is 19.5. The standard InChI is InChI=1S/C20H24N2O4S/c1-26-15-13-21-27(24,25)18-11-9-17(10-12-18)20(23)22-14-5-8-19(22)16-6-3-2-4-7-16/h2-4,6-7,9-12,19,21H,5,8,13-15H2,1H3/t19-/m1/s1. The predicted octanol–water partition coefficient (Wildman–Crippen LogP) is 2.59. The van der Waals surface area contributed by atoms with Gasteiger partial charge in [0.25, 0.3) is 5.91 Å². The zero-order chi connectivity index (χ0) is 19.3. The number of methoxy groups -OCH3 is 1. The Labute approximate surface area is 160 Å². The number of nitrogens with zero attached hydrogens (tertiary/aromatic N) is 1. The van der Waals surface area contributed by atoms with E-state index in [-0.39, 0.29) is 23.4 Å². The molecular formula is C20H24N2O4S. The first-order chi connectivity index (χ1) is 13.0. The fraction of sp³-hybridized carbons (Fsp3) is 0.350. The van der Waals surface area contributed by atoms with E-state index in [1.165, 1.54) is 19.2 Å². The summed E-state index contributed by atoms with van der Waals surface area (Å²) in [5.41, 5.74) is 1.62. The second kappa shape index (κ2) is 8.65. The van der Waals surface area contributed by atoms with Crippen molar-refractivity contribution in [2.75, 3.05) is 26.8 Å². The summed E-state index contributed by atoms with van der Waals surface area (Å²) in [5.74, 6) is -0.0716. The average molecular weight is 388 g/mol. The largest absolute Gasteiger partial charge is 0.383 e. The Kier molecular flexibility index (Phi) is 6.26. The summed E-state index contributed by atoms with van der Waals surface area (Å²) < 4.78 is 31.7. The van der Waals surface area contributed by atoms with Crippen molar-refractivity contribution in [3.8, 4) is 0 Å². The van der Waals surface area contributed by atoms with E-state index < -0.39 is 10.0 Å². The Bertz CT molecular complexity index is 867. The van der Waals surface area contributed by atoms with Crippen LogP contribution in [-0.4, -0.2) is 46.0 Å². The lowest BCUT2D eigenvalue weighted by Gasteiger charge is -2.25. The highest BCUT2D eigenvalue weighted by atomic mass is 32.2. The molecule has 2 aromatic carbocycles. The summed E-state index contributed by atoms with van der Waals surface area (Å²) in [6.45, 7) is 1.20. The van der Waals surface area contributed by atoms with Gasteiger partial charge in [0.05, 0.1) is 17.5 Å². The van der Waals surface area contributed by atoms with Crippen molar-refractivity contribution in [1.82, 2.24) is 9.62 Å². The highest BCUT2D eigenvalue weighted by Gasteiger charge is 2.30. The summed E-state index contributed by atoms with van der Waals surface area (Å²) in [6.07, 6.45) is 1.90. The molecule has 0 aromatic heterocycles. The molecule has 0 spiro atoms. The van der Waals surface area contributed by atoms with Crippen LogP contribution in [0.5, 0.6) is 0 Å². The fourth-order valence-electron chi connectivity index (χ4n) is 3.34. The quantitative estimate of drug-likeness (QED) is 0.740. The predicted molar refractivity (Wildman–Crippen MR) is 103 cm³/mol. The Morgan fingerprint density at radius 3 is 2.52 bits per heavy atom. The summed E-state index contributed by atoms with van der Waals surface area (Å²) in [6, 6.07) is 16.2. The van der Waals surface area contributed by atoms with Crippen molar-refractivity contribution in [2.45, 2.75) is 23.8 Å². The molecule has 1 atom stereocenters. The van der Waals surface area contributed by atoms with Gasteiger partial charge in [0.1, 0.15) is 0 Å². The molecule has 1 aliphatic heterocycles. The van der Waals surface area contributed by atoms with Crippen LogP contribution < -0.4 is 4.72 Å². The minimum absolute atomic E-state index is 0.0674. The molecule has 0 aliphatic carbocycles. The molecule has 1 fully saturated rings. The van der Waals surface area contributed by atoms with Crippen LogP contribution in [0.2, 0.25) is 0 Å². The van der Waals surface area contributed by atoms with E-state index >= 15 is 0 Å². The first-order valence-electron chi connectivity index (χ1n) is 8.97. The lowest BCUT2D eigenvalue weighted by molar-refractivity contribution is 0.0735. The van der Waals surface area contributed by atoms with Crippen molar-refractivity contribution < 1.29 is 17.9 Å². The molecule has 6 nitrogen and oxygen atoms in total. The number of carbonyl (C=O) groups is 1. The number of carbonyl (C=O) groups excluding carboxylic acids is 1. The van der Waals surface area contributed by atoms with Gasteiger partial charge in [-0.25, -0.2) is 13.1 Å². The van der Waals surface area contributed by atoms with E-state index in [4.69, 9.17) is 4.74 Å². The third-order valence-corrected chi connectivity index (χ3v) is 6.18. The van der Waals surface area contributed by atoms with Crippen molar-refractivity contribution in [1.29, 1.82) is 0 Å². The van der Waals surface area contributed by atoms with Gasteiger partial charge in [-0.2, -0.15) is 0 Å². The monoisotopic (exact) mass is 388 g/mol. The number of nitrogens with one attached hydrogen (secondary N) is 1. The van der Waals surface area contributed by atoms with Crippen LogP contribution in [-0.2, 0) is 14.8 Å². The highest BCUT2D eigenvalue weighted by Crippen LogP contribution is 2.33. The zero-order valence-corrected chi connectivity index (χ0v) is 16.1. The molecule has 1 aliphatic rings. The number of rotatable bonds is 7. The molecular weight excluding hydrogens is 364 g/mol. The molecule has 7 heteroatoms. The maximum atomic E-state index is 12.9. The van der Waals surface area contributed by atoms with Crippen molar-refractivity contribution in [3.63, 3.8) is 0 Å². The van der Waals surface area contributed by atoms with Gasteiger partial charge >= 0.3 is 0 Å². The third kappa shape index (κ3) is 4.55. The molecule has 1 amide bonds. The summed E-state index contributed by atoms with van der Waals surface area (Å²) in [7, 11) is -2.09. The first-order valence-corrected chi connectivity index (χ1v) is 10.5. The molecule has 27 heavy (non-hydrogen) atoms. The summed E-state index contributed by atoms with van der Waals surface area (Å²) >= 11 is 0. The van der Waals surface area contributed by atoms with Gasteiger partial charge in [0.2, 0.25) is 10.0 Å². The third-order valence-electron chi connectivity index (χ3n) is 4.71. The number of hydrogen-bond acceptors (Lipinski definition) is 4. The maximum Gasteiger partial charge on any atom is 0.254 e. The van der Waals surface area contributed by atoms with Crippen LogP contribution >= 0.6 is 0 Å². The molecule has 1 saturated heterocycles. The van der Waals surface area contributed by atoms with Crippen LogP contribution in [0, 0.1) is 0 Å². The lowest BCUT2D eigenvalue weighted by Crippen LogP contribution is -2.30. The molecule has 2 aromatic rings. The number of amides is 1. The van der Waals surface area contributed by atoms with Crippen LogP contribution in [0.3, 0.4) is 0 Å². The smallest absolute Gasteiger partial charge is 0.254 e. The minimum Gasteiger partial charge on any atom is -0.383 e. The van der Waals surface area contributed by atoms with E-state index in [1.807, 2.05) is 35.2 Å².